The van der Waals surface area contributed by atoms with Crippen molar-refractivity contribution < 1.29 is 32.3 Å². The molecule has 0 spiro atoms. The van der Waals surface area contributed by atoms with Gasteiger partial charge in [0.25, 0.3) is 0 Å². The molecule has 0 aliphatic rings. The van der Waals surface area contributed by atoms with Crippen LogP contribution in [0.1, 0.15) is 22.5 Å². The molecule has 156 valence electrons. The molecule has 0 bridgehead atoms. The number of halogens is 1. The van der Waals surface area contributed by atoms with Crippen LogP contribution >= 0.6 is 11.6 Å². The Kier molecular flexibility index (Phi) is 7.21. The molecule has 2 aromatic rings. The maximum atomic E-state index is 12.9. The van der Waals surface area contributed by atoms with Gasteiger partial charge in [0.1, 0.15) is 5.03 Å². The molecule has 2 rings (SSSR count). The summed E-state index contributed by atoms with van der Waals surface area (Å²) < 4.78 is 34.8. The largest absolute Gasteiger partial charge is 0.468 e. The number of nitrogens with zero attached hydrogens (tertiary/aromatic N) is 1. The van der Waals surface area contributed by atoms with Crippen LogP contribution in [0.15, 0.2) is 41.4 Å². The maximum Gasteiger partial charge on any atom is 0.320 e. The van der Waals surface area contributed by atoms with E-state index in [-0.39, 0.29) is 23.7 Å². The minimum absolute atomic E-state index is 0.0983. The summed E-state index contributed by atoms with van der Waals surface area (Å²) in [6, 6.07) is 8.83. The van der Waals surface area contributed by atoms with Crippen molar-refractivity contribution in [2.45, 2.75) is 18.0 Å². The number of hydrogen-bond donors (Lipinski definition) is 0. The summed E-state index contributed by atoms with van der Waals surface area (Å²) in [5, 5.41) is 0.344. The summed E-state index contributed by atoms with van der Waals surface area (Å²) in [6.07, 6.45) is 0.894. The predicted octanol–water partition coefficient (Wildman–Crippen LogP) is 2.13. The Morgan fingerprint density at radius 3 is 2.03 bits per heavy atom. The van der Waals surface area contributed by atoms with Crippen LogP contribution in [0.2, 0.25) is 5.02 Å². The van der Waals surface area contributed by atoms with E-state index in [9.17, 15) is 22.8 Å². The Bertz CT molecular complexity index is 1010. The van der Waals surface area contributed by atoms with Crippen LogP contribution < -0.4 is 0 Å². The van der Waals surface area contributed by atoms with E-state index in [4.69, 9.17) is 11.6 Å². The van der Waals surface area contributed by atoms with Crippen molar-refractivity contribution >= 4 is 39.2 Å². The van der Waals surface area contributed by atoms with Crippen LogP contribution in [0.3, 0.4) is 0 Å². The lowest BCUT2D eigenvalue weighted by atomic mass is 10.1. The molecule has 0 fully saturated rings. The van der Waals surface area contributed by atoms with Gasteiger partial charge in [0, 0.05) is 23.4 Å². The third-order valence-corrected chi connectivity index (χ3v) is 5.64. The number of carbonyl (C=O) groups is 3. The molecule has 1 heterocycles. The maximum absolute atomic E-state index is 12.9. The zero-order valence-corrected chi connectivity index (χ0v) is 17.6. The van der Waals surface area contributed by atoms with Gasteiger partial charge in [-0.05, 0) is 42.8 Å². The van der Waals surface area contributed by atoms with Gasteiger partial charge >= 0.3 is 11.9 Å². The fourth-order valence-corrected chi connectivity index (χ4v) is 3.86. The van der Waals surface area contributed by atoms with E-state index in [0.717, 1.165) is 20.5 Å². The van der Waals surface area contributed by atoms with Gasteiger partial charge in [-0.15, -0.1) is 0 Å². The molecule has 0 saturated carbocycles. The van der Waals surface area contributed by atoms with Crippen LogP contribution in [-0.2, 0) is 35.4 Å². The van der Waals surface area contributed by atoms with Gasteiger partial charge in [-0.2, -0.15) is 0 Å². The number of methoxy groups -OCH3 is 2. The summed E-state index contributed by atoms with van der Waals surface area (Å²) in [7, 11) is -1.42. The Hall–Kier alpha value is -2.65. The van der Waals surface area contributed by atoms with Gasteiger partial charge in [0.05, 0.1) is 19.9 Å². The van der Waals surface area contributed by atoms with Crippen molar-refractivity contribution in [3.63, 3.8) is 0 Å². The Morgan fingerprint density at radius 2 is 1.55 bits per heavy atom. The van der Waals surface area contributed by atoms with E-state index in [1.165, 1.54) is 28.8 Å². The number of aromatic nitrogens is 1. The SMILES string of the molecule is COC(=O)C(CCn1c(C(=O)c2ccc(Cl)cc2)ccc1S(C)(=O)=O)C(=O)OC. The molecule has 8 nitrogen and oxygen atoms in total. The molecule has 1 aromatic heterocycles. The van der Waals surface area contributed by atoms with Crippen molar-refractivity contribution in [2.24, 2.45) is 5.92 Å². The zero-order chi connectivity index (χ0) is 21.8. The Balaban J connectivity index is 2.44. The van der Waals surface area contributed by atoms with Crippen molar-refractivity contribution in [2.75, 3.05) is 20.5 Å². The molecule has 0 atom stereocenters. The highest BCUT2D eigenvalue weighted by molar-refractivity contribution is 7.90. The quantitative estimate of drug-likeness (QED) is 0.350. The molecular formula is C19H20ClNO7S. The molecule has 0 aliphatic heterocycles. The third-order valence-electron chi connectivity index (χ3n) is 4.27. The first kappa shape index (κ1) is 22.6. The molecule has 0 N–H and O–H groups in total. The summed E-state index contributed by atoms with van der Waals surface area (Å²) in [5.41, 5.74) is 0.410. The monoisotopic (exact) mass is 441 g/mol. The number of esters is 2. The second-order valence-corrected chi connectivity index (χ2v) is 8.60. The number of rotatable bonds is 8. The first-order chi connectivity index (χ1) is 13.6. The first-order valence-corrected chi connectivity index (χ1v) is 10.7. The van der Waals surface area contributed by atoms with Crippen molar-refractivity contribution in [1.82, 2.24) is 4.57 Å². The van der Waals surface area contributed by atoms with E-state index >= 15 is 0 Å². The normalized spacial score (nSPS) is 11.3. The van der Waals surface area contributed by atoms with Crippen LogP contribution in [0, 0.1) is 5.92 Å². The number of ketones is 1. The number of benzene rings is 1. The first-order valence-electron chi connectivity index (χ1n) is 8.45. The van der Waals surface area contributed by atoms with E-state index < -0.39 is 33.5 Å². The summed E-state index contributed by atoms with van der Waals surface area (Å²) in [5.74, 6) is -3.30. The van der Waals surface area contributed by atoms with Gasteiger partial charge in [0.2, 0.25) is 5.78 Å². The van der Waals surface area contributed by atoms with Crippen LogP contribution in [0.25, 0.3) is 0 Å². The lowest BCUT2D eigenvalue weighted by Gasteiger charge is -2.16. The molecule has 29 heavy (non-hydrogen) atoms. The second-order valence-electron chi connectivity index (χ2n) is 6.20. The molecule has 0 radical (unpaired) electrons. The average molecular weight is 442 g/mol. The number of carbonyl (C=O) groups excluding carboxylic acids is 3. The van der Waals surface area contributed by atoms with Crippen molar-refractivity contribution in [1.29, 1.82) is 0 Å². The Labute approximate surface area is 173 Å². The summed E-state index contributed by atoms with van der Waals surface area (Å²) in [6.45, 7) is -0.0983. The number of ether oxygens (including phenoxy) is 2. The topological polar surface area (TPSA) is 109 Å². The van der Waals surface area contributed by atoms with Gasteiger partial charge in [-0.25, -0.2) is 8.42 Å². The summed E-state index contributed by atoms with van der Waals surface area (Å²) >= 11 is 5.85. The van der Waals surface area contributed by atoms with Crippen LogP contribution in [0.5, 0.6) is 0 Å². The van der Waals surface area contributed by atoms with Crippen LogP contribution in [0.4, 0.5) is 0 Å². The predicted molar refractivity (Wildman–Crippen MR) is 105 cm³/mol. The van der Waals surface area contributed by atoms with Crippen molar-refractivity contribution in [3.8, 4) is 0 Å². The van der Waals surface area contributed by atoms with E-state index in [0.29, 0.717) is 10.6 Å². The van der Waals surface area contributed by atoms with Gasteiger partial charge < -0.3 is 14.0 Å². The zero-order valence-electron chi connectivity index (χ0n) is 16.0. The summed E-state index contributed by atoms with van der Waals surface area (Å²) in [4.78, 5) is 36.7. The van der Waals surface area contributed by atoms with Gasteiger partial charge in [-0.3, -0.25) is 14.4 Å². The highest BCUT2D eigenvalue weighted by atomic mass is 35.5. The molecule has 0 saturated heterocycles. The number of hydrogen-bond acceptors (Lipinski definition) is 7. The lowest BCUT2D eigenvalue weighted by molar-refractivity contribution is -0.159. The molecule has 0 aliphatic carbocycles. The van der Waals surface area contributed by atoms with E-state index in [1.807, 2.05) is 0 Å². The van der Waals surface area contributed by atoms with Gasteiger partial charge in [-0.1, -0.05) is 11.6 Å². The molecular weight excluding hydrogens is 422 g/mol. The molecule has 0 unspecified atom stereocenters. The lowest BCUT2D eigenvalue weighted by Crippen LogP contribution is -2.28. The standard InChI is InChI=1S/C19H20ClNO7S/c1-27-18(23)14(19(24)28-2)10-11-21-15(8-9-16(21)29(3,25)26)17(22)12-4-6-13(20)7-5-12/h4-9,14H,10-11H2,1-3H3. The van der Waals surface area contributed by atoms with Crippen molar-refractivity contribution in [3.05, 3.63) is 52.7 Å². The van der Waals surface area contributed by atoms with E-state index in [2.05, 4.69) is 9.47 Å². The number of sulfone groups is 1. The second kappa shape index (κ2) is 9.23. The highest BCUT2D eigenvalue weighted by Gasteiger charge is 2.30. The van der Waals surface area contributed by atoms with Gasteiger partial charge in [0.15, 0.2) is 15.8 Å². The molecule has 1 aromatic carbocycles. The minimum Gasteiger partial charge on any atom is -0.468 e. The smallest absolute Gasteiger partial charge is 0.320 e. The molecule has 0 amide bonds. The molecule has 10 heteroatoms. The Morgan fingerprint density at radius 1 is 1.00 bits per heavy atom. The van der Waals surface area contributed by atoms with E-state index in [1.54, 1.807) is 12.1 Å². The highest BCUT2D eigenvalue weighted by Crippen LogP contribution is 2.22. The minimum atomic E-state index is -3.68. The van der Waals surface area contributed by atoms with Crippen LogP contribution in [-0.4, -0.2) is 51.2 Å². The third kappa shape index (κ3) is 5.24. The average Bonchev–Trinajstić information content (AvgIpc) is 3.12. The fraction of sp³-hybridized carbons (Fsp3) is 0.316. The fourth-order valence-electron chi connectivity index (χ4n) is 2.83.